The molecule has 5 rings (SSSR count). The molecule has 4 N–H and O–H groups in total. The van der Waals surface area contributed by atoms with Gasteiger partial charge >= 0.3 is 0 Å². The number of nitrogens with zero attached hydrogens (tertiary/aromatic N) is 4. The van der Waals surface area contributed by atoms with Crippen molar-refractivity contribution >= 4 is 68.2 Å². The Bertz CT molecular complexity index is 1720. The first kappa shape index (κ1) is 34.8. The Labute approximate surface area is 290 Å². The van der Waals surface area contributed by atoms with Gasteiger partial charge in [0, 0.05) is 84.3 Å². The Morgan fingerprint density at radius 1 is 0.583 bits per heavy atom. The summed E-state index contributed by atoms with van der Waals surface area (Å²) < 4.78 is 0. The third-order valence-electron chi connectivity index (χ3n) is 7.91. The fourth-order valence-electron chi connectivity index (χ4n) is 5.09. The largest absolute Gasteiger partial charge is 0.382 e. The zero-order valence-corrected chi connectivity index (χ0v) is 28.6. The molecule has 0 unspecified atom stereocenters. The van der Waals surface area contributed by atoms with Crippen LogP contribution < -0.4 is 21.3 Å². The molecule has 0 saturated carbocycles. The quantitative estimate of drug-likeness (QED) is 0.106. The molecule has 0 aliphatic rings. The van der Waals surface area contributed by atoms with Crippen LogP contribution in [-0.2, 0) is 0 Å². The van der Waals surface area contributed by atoms with Crippen LogP contribution in [0.4, 0.5) is 11.4 Å². The third-order valence-corrected chi connectivity index (χ3v) is 8.38. The molecule has 0 aliphatic heterocycles. The monoisotopic (exact) mass is 686 g/mol. The maximum absolute atomic E-state index is 12.7. The second kappa shape index (κ2) is 17.1. The Kier molecular flexibility index (Phi) is 12.4. The van der Waals surface area contributed by atoms with Crippen LogP contribution in [0.3, 0.4) is 0 Å². The smallest absolute Gasteiger partial charge is 0.251 e. The molecule has 0 bridgehead atoms. The SMILES string of the molecule is CN(CCNC(=O)c1ccc(C(=O)NCCN(C)CCNc2cnc3cc(Cl)ccc3c2)cc1)CCNc1cnc2cc(Cl)ccc2c1. The van der Waals surface area contributed by atoms with Gasteiger partial charge in [0.15, 0.2) is 0 Å². The Hall–Kier alpha value is -4.48. The molecule has 250 valence electrons. The van der Waals surface area contributed by atoms with Crippen LogP contribution in [0.5, 0.6) is 0 Å². The van der Waals surface area contributed by atoms with E-state index < -0.39 is 0 Å². The van der Waals surface area contributed by atoms with Crippen LogP contribution in [0.2, 0.25) is 10.0 Å². The van der Waals surface area contributed by atoms with Gasteiger partial charge < -0.3 is 31.1 Å². The van der Waals surface area contributed by atoms with Crippen LogP contribution in [0.15, 0.2) is 85.2 Å². The number of nitrogens with one attached hydrogen (secondary N) is 4. The summed E-state index contributed by atoms with van der Waals surface area (Å²) in [7, 11) is 4.02. The number of carbonyl (C=O) groups is 2. The minimum absolute atomic E-state index is 0.171. The summed E-state index contributed by atoms with van der Waals surface area (Å²) in [6.07, 6.45) is 3.60. The average Bonchev–Trinajstić information content (AvgIpc) is 3.08. The lowest BCUT2D eigenvalue weighted by Crippen LogP contribution is -2.35. The highest BCUT2D eigenvalue weighted by Crippen LogP contribution is 2.21. The predicted molar refractivity (Wildman–Crippen MR) is 197 cm³/mol. The van der Waals surface area contributed by atoms with Crippen molar-refractivity contribution in [3.63, 3.8) is 0 Å². The molecule has 12 heteroatoms. The fourth-order valence-corrected chi connectivity index (χ4v) is 5.42. The summed E-state index contributed by atoms with van der Waals surface area (Å²) in [4.78, 5) is 38.5. The van der Waals surface area contributed by atoms with Crippen LogP contribution in [0, 0.1) is 0 Å². The van der Waals surface area contributed by atoms with Gasteiger partial charge in [0.1, 0.15) is 0 Å². The Balaban J connectivity index is 0.939. The molecule has 0 spiro atoms. The number of rotatable bonds is 16. The lowest BCUT2D eigenvalue weighted by Gasteiger charge is -2.18. The first-order chi connectivity index (χ1) is 23.2. The third kappa shape index (κ3) is 10.3. The number of pyridine rings is 2. The van der Waals surface area contributed by atoms with E-state index in [1.54, 1.807) is 36.7 Å². The highest BCUT2D eigenvalue weighted by molar-refractivity contribution is 6.31. The number of hydrogen-bond acceptors (Lipinski definition) is 8. The van der Waals surface area contributed by atoms with Crippen molar-refractivity contribution in [2.45, 2.75) is 0 Å². The standard InChI is InChI=1S/C36H40Cl2N8O2/c1-45(15-11-39-31-19-27-7-9-29(37)21-33(27)43-23-31)17-13-41-35(47)25-3-5-26(6-4-25)36(48)42-14-18-46(2)16-12-40-32-20-28-8-10-30(38)22-34(28)44-24-32/h3-10,19-24,39-40H,11-18H2,1-2H3,(H,41,47)(H,42,48). The summed E-state index contributed by atoms with van der Waals surface area (Å²) in [5.41, 5.74) is 4.64. The molecular weight excluding hydrogens is 647 g/mol. The number of amides is 2. The van der Waals surface area contributed by atoms with E-state index in [0.29, 0.717) is 47.4 Å². The van der Waals surface area contributed by atoms with Crippen LogP contribution in [0.1, 0.15) is 20.7 Å². The lowest BCUT2D eigenvalue weighted by atomic mass is 10.1. The van der Waals surface area contributed by atoms with Crippen molar-refractivity contribution in [3.05, 3.63) is 106 Å². The number of fused-ring (bicyclic) bond motifs is 2. The van der Waals surface area contributed by atoms with E-state index in [0.717, 1.165) is 59.4 Å². The number of anilines is 2. The molecule has 2 amide bonds. The van der Waals surface area contributed by atoms with Gasteiger partial charge in [0.05, 0.1) is 34.8 Å². The molecule has 3 aromatic carbocycles. The maximum Gasteiger partial charge on any atom is 0.251 e. The lowest BCUT2D eigenvalue weighted by molar-refractivity contribution is 0.0938. The molecule has 2 aromatic heterocycles. The number of carbonyl (C=O) groups excluding carboxylic acids is 2. The zero-order valence-electron chi connectivity index (χ0n) is 27.1. The minimum atomic E-state index is -0.171. The number of likely N-dealkylation sites (N-methyl/N-ethyl adjacent to an activating group) is 2. The van der Waals surface area contributed by atoms with E-state index in [1.807, 2.05) is 50.5 Å². The number of hydrogen-bond donors (Lipinski definition) is 4. The van der Waals surface area contributed by atoms with Gasteiger partial charge in [-0.2, -0.15) is 0 Å². The van der Waals surface area contributed by atoms with Crippen LogP contribution >= 0.6 is 23.2 Å². The van der Waals surface area contributed by atoms with Gasteiger partial charge in [-0.1, -0.05) is 35.3 Å². The Morgan fingerprint density at radius 2 is 0.979 bits per heavy atom. The van der Waals surface area contributed by atoms with Crippen molar-refractivity contribution in [1.29, 1.82) is 0 Å². The number of aromatic nitrogens is 2. The molecule has 2 heterocycles. The van der Waals surface area contributed by atoms with Gasteiger partial charge in [0.2, 0.25) is 0 Å². The predicted octanol–water partition coefficient (Wildman–Crippen LogP) is 5.64. The number of benzene rings is 3. The van der Waals surface area contributed by atoms with Crippen molar-refractivity contribution in [3.8, 4) is 0 Å². The molecule has 0 saturated heterocycles. The van der Waals surface area contributed by atoms with Gasteiger partial charge in [-0.25, -0.2) is 0 Å². The van der Waals surface area contributed by atoms with Gasteiger partial charge in [-0.05, 0) is 74.8 Å². The van der Waals surface area contributed by atoms with E-state index in [4.69, 9.17) is 23.2 Å². The molecule has 0 aliphatic carbocycles. The summed E-state index contributed by atoms with van der Waals surface area (Å²) >= 11 is 12.1. The zero-order chi connectivity index (χ0) is 33.9. The maximum atomic E-state index is 12.7. The van der Waals surface area contributed by atoms with Crippen molar-refractivity contribution in [1.82, 2.24) is 30.4 Å². The molecule has 48 heavy (non-hydrogen) atoms. The van der Waals surface area contributed by atoms with E-state index in [-0.39, 0.29) is 11.8 Å². The van der Waals surface area contributed by atoms with Crippen molar-refractivity contribution < 1.29 is 9.59 Å². The molecule has 0 atom stereocenters. The average molecular weight is 688 g/mol. The molecule has 10 nitrogen and oxygen atoms in total. The molecule has 0 fully saturated rings. The summed E-state index contributed by atoms with van der Waals surface area (Å²) in [5, 5.41) is 16.1. The van der Waals surface area contributed by atoms with Crippen LogP contribution in [0.25, 0.3) is 21.8 Å². The molecule has 0 radical (unpaired) electrons. The minimum Gasteiger partial charge on any atom is -0.382 e. The van der Waals surface area contributed by atoms with Crippen LogP contribution in [-0.4, -0.2) is 98.0 Å². The Morgan fingerprint density at radius 3 is 1.40 bits per heavy atom. The molecular formula is C36H40Cl2N8O2. The normalized spacial score (nSPS) is 11.3. The fraction of sp³-hybridized carbons (Fsp3) is 0.278. The summed E-state index contributed by atoms with van der Waals surface area (Å²) in [6.45, 7) is 5.48. The van der Waals surface area contributed by atoms with E-state index in [9.17, 15) is 9.59 Å². The van der Waals surface area contributed by atoms with Crippen molar-refractivity contribution in [2.24, 2.45) is 0 Å². The van der Waals surface area contributed by atoms with Crippen molar-refractivity contribution in [2.75, 3.05) is 77.1 Å². The van der Waals surface area contributed by atoms with E-state index in [1.165, 1.54) is 0 Å². The second-order valence-corrected chi connectivity index (χ2v) is 12.5. The highest BCUT2D eigenvalue weighted by atomic mass is 35.5. The van der Waals surface area contributed by atoms with E-state index in [2.05, 4.69) is 53.2 Å². The summed E-state index contributed by atoms with van der Waals surface area (Å²) in [5.74, 6) is -0.343. The van der Waals surface area contributed by atoms with E-state index >= 15 is 0 Å². The van der Waals surface area contributed by atoms with Gasteiger partial charge in [-0.3, -0.25) is 19.6 Å². The first-order valence-electron chi connectivity index (χ1n) is 15.9. The first-order valence-corrected chi connectivity index (χ1v) is 16.6. The summed E-state index contributed by atoms with van der Waals surface area (Å²) in [6, 6.07) is 22.1. The van der Waals surface area contributed by atoms with Gasteiger partial charge in [-0.15, -0.1) is 0 Å². The second-order valence-electron chi connectivity index (χ2n) is 11.7. The van der Waals surface area contributed by atoms with Gasteiger partial charge in [0.25, 0.3) is 11.8 Å². The highest BCUT2D eigenvalue weighted by Gasteiger charge is 2.10. The number of halogens is 2. The molecule has 5 aromatic rings. The topological polar surface area (TPSA) is 115 Å².